The second kappa shape index (κ2) is 13.4. The summed E-state index contributed by atoms with van der Waals surface area (Å²) in [6, 6.07) is 27.1. The molecule has 264 valence electrons. The smallest absolute Gasteiger partial charge is 0.410 e. The molecule has 11 heteroatoms. The van der Waals surface area contributed by atoms with Crippen LogP contribution in [0.25, 0.3) is 10.8 Å². The van der Waals surface area contributed by atoms with Crippen LogP contribution in [-0.4, -0.2) is 77.0 Å². The van der Waals surface area contributed by atoms with Crippen LogP contribution in [-0.2, 0) is 33.7 Å². The predicted octanol–water partition coefficient (Wildman–Crippen LogP) is 6.23. The van der Waals surface area contributed by atoms with E-state index in [1.807, 2.05) is 57.2 Å². The number of carbonyl (C=O) groups excluding carboxylic acids is 2. The maximum absolute atomic E-state index is 13.8. The van der Waals surface area contributed by atoms with Gasteiger partial charge >= 0.3 is 18.1 Å². The molecule has 2 fully saturated rings. The minimum absolute atomic E-state index is 0.0918. The number of nitrogens with zero attached hydrogens (tertiary/aromatic N) is 6. The Morgan fingerprint density at radius 3 is 2.39 bits per heavy atom. The highest BCUT2D eigenvalue weighted by molar-refractivity contribution is 5.94. The molecule has 0 unspecified atom stereocenters. The van der Waals surface area contributed by atoms with Gasteiger partial charge in [-0.2, -0.15) is 15.2 Å². The van der Waals surface area contributed by atoms with Crippen molar-refractivity contribution >= 4 is 34.3 Å². The molecule has 1 saturated carbocycles. The number of methoxy groups -OCH3 is 1. The van der Waals surface area contributed by atoms with Gasteiger partial charge in [0.2, 0.25) is 5.60 Å². The molecule has 3 heterocycles. The topological polar surface area (TPSA) is 121 Å². The number of anilines is 2. The van der Waals surface area contributed by atoms with Gasteiger partial charge in [0.05, 0.1) is 37.4 Å². The number of nitriles is 1. The van der Waals surface area contributed by atoms with Crippen molar-refractivity contribution in [1.29, 1.82) is 5.26 Å². The zero-order chi connectivity index (χ0) is 35.8. The Balaban J connectivity index is 1.29. The summed E-state index contributed by atoms with van der Waals surface area (Å²) in [4.78, 5) is 42.8. The van der Waals surface area contributed by atoms with Gasteiger partial charge in [-0.3, -0.25) is 4.90 Å². The van der Waals surface area contributed by atoms with E-state index in [1.165, 1.54) is 7.11 Å². The summed E-state index contributed by atoms with van der Waals surface area (Å²) >= 11 is 0. The Morgan fingerprint density at radius 1 is 0.922 bits per heavy atom. The Hall–Kier alpha value is -5.37. The average Bonchev–Trinajstić information content (AvgIpc) is 3.90. The minimum atomic E-state index is -1.10. The van der Waals surface area contributed by atoms with Gasteiger partial charge in [0.25, 0.3) is 0 Å². The summed E-state index contributed by atoms with van der Waals surface area (Å²) in [5, 5.41) is 12.6. The molecule has 1 atom stereocenters. The van der Waals surface area contributed by atoms with Crippen LogP contribution in [0.5, 0.6) is 6.01 Å². The molecule has 1 aromatic heterocycles. The van der Waals surface area contributed by atoms with Crippen molar-refractivity contribution in [2.75, 3.05) is 43.1 Å². The van der Waals surface area contributed by atoms with E-state index in [9.17, 15) is 14.9 Å². The first kappa shape index (κ1) is 34.1. The number of hydrogen-bond donors (Lipinski definition) is 0. The molecule has 0 spiro atoms. The highest BCUT2D eigenvalue weighted by Crippen LogP contribution is 2.43. The number of rotatable bonds is 8. The number of ether oxygens (including phenoxy) is 3. The standard InChI is InChI=1S/C40H44N6O5/c1-38(2,3)51-37(48)46-24-23-45(27-39(46,20-21-41)25-28-11-6-5-7-12-28)34-31-17-22-44(33-16-10-14-29-13-8-9-15-30(29)33)26-32(31)42-36(43-34)50-40(18-19-40)35(47)49-4/h5-16H,17-20,22-27H2,1-4H3/t39-/m1/s1. The molecule has 51 heavy (non-hydrogen) atoms. The summed E-state index contributed by atoms with van der Waals surface area (Å²) in [6.45, 7) is 7.93. The van der Waals surface area contributed by atoms with Crippen molar-refractivity contribution in [3.05, 3.63) is 89.6 Å². The maximum atomic E-state index is 13.8. The van der Waals surface area contributed by atoms with Crippen molar-refractivity contribution in [3.63, 3.8) is 0 Å². The minimum Gasteiger partial charge on any atom is -0.466 e. The van der Waals surface area contributed by atoms with Crippen molar-refractivity contribution in [2.24, 2.45) is 0 Å². The first-order chi connectivity index (χ1) is 24.5. The molecule has 4 aromatic rings. The van der Waals surface area contributed by atoms with E-state index in [-0.39, 0.29) is 12.4 Å². The van der Waals surface area contributed by atoms with Crippen molar-refractivity contribution in [1.82, 2.24) is 14.9 Å². The average molecular weight is 689 g/mol. The van der Waals surface area contributed by atoms with Gasteiger partial charge in [0, 0.05) is 55.7 Å². The van der Waals surface area contributed by atoms with E-state index in [1.54, 1.807) is 4.90 Å². The lowest BCUT2D eigenvalue weighted by molar-refractivity contribution is -0.151. The molecule has 0 bridgehead atoms. The third-order valence-corrected chi connectivity index (χ3v) is 10.0. The van der Waals surface area contributed by atoms with Crippen molar-refractivity contribution < 1.29 is 23.8 Å². The molecule has 3 aromatic carbocycles. The second-order valence-corrected chi connectivity index (χ2v) is 14.8. The normalized spacial score (nSPS) is 19.5. The van der Waals surface area contributed by atoms with E-state index in [2.05, 4.69) is 52.3 Å². The second-order valence-electron chi connectivity index (χ2n) is 14.8. The molecule has 2 aliphatic heterocycles. The van der Waals surface area contributed by atoms with Crippen LogP contribution in [0.15, 0.2) is 72.8 Å². The van der Waals surface area contributed by atoms with E-state index in [0.717, 1.165) is 39.8 Å². The van der Waals surface area contributed by atoms with Crippen LogP contribution in [0.3, 0.4) is 0 Å². The monoisotopic (exact) mass is 688 g/mol. The molecule has 1 amide bonds. The van der Waals surface area contributed by atoms with Gasteiger partial charge in [-0.15, -0.1) is 0 Å². The number of amides is 1. The highest BCUT2D eigenvalue weighted by atomic mass is 16.6. The predicted molar refractivity (Wildman–Crippen MR) is 194 cm³/mol. The zero-order valence-corrected chi connectivity index (χ0v) is 29.7. The fourth-order valence-electron chi connectivity index (χ4n) is 7.46. The number of benzene rings is 3. The van der Waals surface area contributed by atoms with Crippen LogP contribution in [0.4, 0.5) is 16.3 Å². The van der Waals surface area contributed by atoms with E-state index in [4.69, 9.17) is 24.2 Å². The van der Waals surface area contributed by atoms with Crippen LogP contribution in [0.2, 0.25) is 0 Å². The third-order valence-electron chi connectivity index (χ3n) is 10.0. The number of piperazine rings is 1. The Kier molecular flexibility index (Phi) is 8.96. The largest absolute Gasteiger partial charge is 0.466 e. The first-order valence-corrected chi connectivity index (χ1v) is 17.6. The number of hydrogen-bond acceptors (Lipinski definition) is 10. The quantitative estimate of drug-likeness (QED) is 0.197. The molecule has 0 radical (unpaired) electrons. The Morgan fingerprint density at radius 2 is 1.67 bits per heavy atom. The van der Waals surface area contributed by atoms with Crippen molar-refractivity contribution in [2.45, 2.75) is 76.2 Å². The lowest BCUT2D eigenvalue weighted by Gasteiger charge is -2.50. The third kappa shape index (κ3) is 6.87. The lowest BCUT2D eigenvalue weighted by Crippen LogP contribution is -2.66. The van der Waals surface area contributed by atoms with E-state index >= 15 is 0 Å². The van der Waals surface area contributed by atoms with Gasteiger partial charge < -0.3 is 24.0 Å². The van der Waals surface area contributed by atoms with Crippen LogP contribution in [0, 0.1) is 11.3 Å². The van der Waals surface area contributed by atoms with Gasteiger partial charge in [-0.05, 0) is 50.6 Å². The lowest BCUT2D eigenvalue weighted by atomic mass is 9.83. The fourth-order valence-corrected chi connectivity index (χ4v) is 7.46. The maximum Gasteiger partial charge on any atom is 0.410 e. The van der Waals surface area contributed by atoms with Crippen LogP contribution >= 0.6 is 0 Å². The van der Waals surface area contributed by atoms with Crippen LogP contribution < -0.4 is 14.5 Å². The first-order valence-electron chi connectivity index (χ1n) is 17.6. The summed E-state index contributed by atoms with van der Waals surface area (Å²) in [5.74, 6) is 0.261. The molecular formula is C40H44N6O5. The van der Waals surface area contributed by atoms with Gasteiger partial charge in [-0.25, -0.2) is 9.59 Å². The number of fused-ring (bicyclic) bond motifs is 2. The summed E-state index contributed by atoms with van der Waals surface area (Å²) in [7, 11) is 1.36. The molecule has 3 aliphatic rings. The molecule has 1 aliphatic carbocycles. The van der Waals surface area contributed by atoms with Gasteiger partial charge in [0.1, 0.15) is 11.4 Å². The number of esters is 1. The summed E-state index contributed by atoms with van der Waals surface area (Å²) in [5.41, 5.74) is 1.23. The molecule has 7 rings (SSSR count). The van der Waals surface area contributed by atoms with E-state index in [0.29, 0.717) is 57.7 Å². The molecule has 1 saturated heterocycles. The molecule has 0 N–H and O–H groups in total. The number of aromatic nitrogens is 2. The highest BCUT2D eigenvalue weighted by Gasteiger charge is 2.55. The molecular weight excluding hydrogens is 644 g/mol. The van der Waals surface area contributed by atoms with Crippen LogP contribution in [0.1, 0.15) is 56.9 Å². The summed E-state index contributed by atoms with van der Waals surface area (Å²) in [6.07, 6.45) is 1.82. The SMILES string of the molecule is COC(=O)C1(Oc2nc3c(c(N4CCN(C(=O)OC(C)(C)C)[C@](CC#N)(Cc5ccccc5)C4)n2)CCN(c2cccc4ccccc24)C3)CC1. The number of carbonyl (C=O) groups is 2. The van der Waals surface area contributed by atoms with E-state index < -0.39 is 28.8 Å². The molecule has 11 nitrogen and oxygen atoms in total. The zero-order valence-electron chi connectivity index (χ0n) is 29.7. The Bertz CT molecular complexity index is 1980. The van der Waals surface area contributed by atoms with Gasteiger partial charge in [-0.1, -0.05) is 66.7 Å². The van der Waals surface area contributed by atoms with Gasteiger partial charge in [0.15, 0.2) is 0 Å². The van der Waals surface area contributed by atoms with Crippen molar-refractivity contribution in [3.8, 4) is 12.1 Å². The Labute approximate surface area is 298 Å². The fraction of sp³-hybridized carbons (Fsp3) is 0.425. The summed E-state index contributed by atoms with van der Waals surface area (Å²) < 4.78 is 17.3.